The van der Waals surface area contributed by atoms with Crippen LogP contribution in [0.15, 0.2) is 54.6 Å². The fraction of sp³-hybridized carbons (Fsp3) is 0.333. The summed E-state index contributed by atoms with van der Waals surface area (Å²) in [4.78, 5) is 22.9. The Balaban J connectivity index is 1.69. The summed E-state index contributed by atoms with van der Waals surface area (Å²) < 4.78 is 21.2. The first kappa shape index (κ1) is 20.6. The highest BCUT2D eigenvalue weighted by Gasteiger charge is 2.09. The third-order valence-electron chi connectivity index (χ3n) is 3.57. The zero-order valence-corrected chi connectivity index (χ0v) is 15.6. The number of hydrogen-bond donors (Lipinski definition) is 0. The summed E-state index contributed by atoms with van der Waals surface area (Å²) in [6.45, 7) is 4.42. The number of ether oxygens (including phenoxy) is 4. The van der Waals surface area contributed by atoms with Crippen LogP contribution in [0.2, 0.25) is 0 Å². The lowest BCUT2D eigenvalue weighted by Crippen LogP contribution is -2.20. The molecule has 144 valence electrons. The van der Waals surface area contributed by atoms with Gasteiger partial charge in [-0.15, -0.1) is 0 Å². The van der Waals surface area contributed by atoms with Gasteiger partial charge in [0.15, 0.2) is 12.1 Å². The molecule has 0 amide bonds. The van der Waals surface area contributed by atoms with Crippen molar-refractivity contribution in [2.45, 2.75) is 20.1 Å². The number of hydrogen-bond acceptors (Lipinski definition) is 6. The van der Waals surface area contributed by atoms with Gasteiger partial charge in [-0.25, -0.2) is 0 Å². The molecule has 0 aliphatic heterocycles. The summed E-state index contributed by atoms with van der Waals surface area (Å²) in [5, 5.41) is 0. The third-order valence-corrected chi connectivity index (χ3v) is 3.57. The van der Waals surface area contributed by atoms with Crippen LogP contribution in [0.5, 0.6) is 5.75 Å². The lowest BCUT2D eigenvalue weighted by atomic mass is 10.0. The average molecular weight is 372 g/mol. The molecule has 1 atom stereocenters. The molecule has 6 nitrogen and oxygen atoms in total. The van der Waals surface area contributed by atoms with Crippen LogP contribution in [-0.2, 0) is 19.0 Å². The summed E-state index contributed by atoms with van der Waals surface area (Å²) in [5.74, 6) is 0.258. The van der Waals surface area contributed by atoms with Crippen LogP contribution in [0.1, 0.15) is 29.8 Å². The first-order chi connectivity index (χ1) is 13.1. The summed E-state index contributed by atoms with van der Waals surface area (Å²) >= 11 is 0. The zero-order valence-electron chi connectivity index (χ0n) is 15.6. The normalized spacial score (nSPS) is 11.6. The van der Waals surface area contributed by atoms with Crippen molar-refractivity contribution in [3.63, 3.8) is 0 Å². The van der Waals surface area contributed by atoms with E-state index in [0.717, 1.165) is 0 Å². The minimum absolute atomic E-state index is 0.0302. The van der Waals surface area contributed by atoms with Crippen molar-refractivity contribution in [1.29, 1.82) is 0 Å². The largest absolute Gasteiger partial charge is 0.465 e. The van der Waals surface area contributed by atoms with E-state index in [-0.39, 0.29) is 18.4 Å². The van der Waals surface area contributed by atoms with Crippen molar-refractivity contribution in [2.75, 3.05) is 26.4 Å². The van der Waals surface area contributed by atoms with Gasteiger partial charge in [-0.3, -0.25) is 9.59 Å². The number of ketones is 1. The number of esters is 1. The monoisotopic (exact) mass is 372 g/mol. The van der Waals surface area contributed by atoms with Crippen molar-refractivity contribution in [2.24, 2.45) is 0 Å². The predicted molar refractivity (Wildman–Crippen MR) is 99.8 cm³/mol. The van der Waals surface area contributed by atoms with Crippen molar-refractivity contribution < 1.29 is 28.5 Å². The van der Waals surface area contributed by atoms with Gasteiger partial charge in [-0.2, -0.15) is 0 Å². The van der Waals surface area contributed by atoms with Gasteiger partial charge >= 0.3 is 5.97 Å². The van der Waals surface area contributed by atoms with Gasteiger partial charge in [0.2, 0.25) is 0 Å². The summed E-state index contributed by atoms with van der Waals surface area (Å²) in [5.41, 5.74) is 1.25. The van der Waals surface area contributed by atoms with Gasteiger partial charge in [0.05, 0.1) is 19.8 Å². The molecule has 0 aliphatic carbocycles. The molecule has 1 unspecified atom stereocenters. The molecular weight excluding hydrogens is 348 g/mol. The van der Waals surface area contributed by atoms with E-state index >= 15 is 0 Å². The highest BCUT2D eigenvalue weighted by molar-refractivity contribution is 6.08. The molecular formula is C21H24O6. The Kier molecular flexibility index (Phi) is 8.48. The zero-order chi connectivity index (χ0) is 19.5. The lowest BCUT2D eigenvalue weighted by Gasteiger charge is -2.15. The molecule has 0 bridgehead atoms. The Bertz CT molecular complexity index is 711. The van der Waals surface area contributed by atoms with E-state index in [0.29, 0.717) is 36.7 Å². The van der Waals surface area contributed by atoms with Gasteiger partial charge in [-0.1, -0.05) is 30.3 Å². The first-order valence-electron chi connectivity index (χ1n) is 8.75. The van der Waals surface area contributed by atoms with Crippen LogP contribution in [-0.4, -0.2) is 44.5 Å². The molecule has 2 rings (SSSR count). The van der Waals surface area contributed by atoms with Crippen LogP contribution in [0.4, 0.5) is 0 Å². The van der Waals surface area contributed by atoms with Gasteiger partial charge in [0, 0.05) is 18.1 Å². The Morgan fingerprint density at radius 1 is 0.852 bits per heavy atom. The maximum absolute atomic E-state index is 12.4. The lowest BCUT2D eigenvalue weighted by molar-refractivity contribution is -0.142. The Labute approximate surface area is 159 Å². The second-order valence-electron chi connectivity index (χ2n) is 5.73. The fourth-order valence-electron chi connectivity index (χ4n) is 2.29. The van der Waals surface area contributed by atoms with E-state index in [1.165, 1.54) is 6.92 Å². The number of carbonyl (C=O) groups is 2. The molecule has 0 aromatic heterocycles. The van der Waals surface area contributed by atoms with Crippen LogP contribution in [0.3, 0.4) is 0 Å². The standard InChI is InChI=1S/C21H24O6/c1-16(22)25-14-12-24-13-15-26-17(2)27-20-10-8-19(9-11-20)21(23)18-6-4-3-5-7-18/h3-11,17H,12-15H2,1-2H3. The summed E-state index contributed by atoms with van der Waals surface area (Å²) in [6.07, 6.45) is -0.460. The topological polar surface area (TPSA) is 71.1 Å². The first-order valence-corrected chi connectivity index (χ1v) is 8.75. The van der Waals surface area contributed by atoms with Gasteiger partial charge in [0.1, 0.15) is 12.4 Å². The van der Waals surface area contributed by atoms with E-state index in [2.05, 4.69) is 0 Å². The van der Waals surface area contributed by atoms with Crippen LogP contribution >= 0.6 is 0 Å². The minimum atomic E-state index is -0.460. The van der Waals surface area contributed by atoms with Crippen LogP contribution < -0.4 is 4.74 Å². The predicted octanol–water partition coefficient (Wildman–Crippen LogP) is 3.24. The molecule has 0 aliphatic rings. The third kappa shape index (κ3) is 7.60. The van der Waals surface area contributed by atoms with Crippen molar-refractivity contribution in [3.8, 4) is 5.75 Å². The van der Waals surface area contributed by atoms with Gasteiger partial charge in [-0.05, 0) is 31.2 Å². The second-order valence-corrected chi connectivity index (χ2v) is 5.73. The Hall–Kier alpha value is -2.70. The van der Waals surface area contributed by atoms with Crippen LogP contribution in [0, 0.1) is 0 Å². The number of carbonyl (C=O) groups excluding carboxylic acids is 2. The highest BCUT2D eigenvalue weighted by Crippen LogP contribution is 2.17. The smallest absolute Gasteiger partial charge is 0.302 e. The number of rotatable bonds is 11. The summed E-state index contributed by atoms with van der Waals surface area (Å²) in [7, 11) is 0. The van der Waals surface area contributed by atoms with E-state index in [4.69, 9.17) is 18.9 Å². The molecule has 2 aromatic carbocycles. The van der Waals surface area contributed by atoms with E-state index < -0.39 is 6.29 Å². The maximum atomic E-state index is 12.4. The number of benzene rings is 2. The average Bonchev–Trinajstić information content (AvgIpc) is 2.67. The van der Waals surface area contributed by atoms with E-state index in [1.54, 1.807) is 43.3 Å². The van der Waals surface area contributed by atoms with E-state index in [1.807, 2.05) is 18.2 Å². The molecule has 0 saturated heterocycles. The molecule has 6 heteroatoms. The van der Waals surface area contributed by atoms with Crippen LogP contribution in [0.25, 0.3) is 0 Å². The molecule has 0 fully saturated rings. The SMILES string of the molecule is CC(=O)OCCOCCOC(C)Oc1ccc(C(=O)c2ccccc2)cc1. The molecule has 0 heterocycles. The molecule has 2 aromatic rings. The van der Waals surface area contributed by atoms with Gasteiger partial charge in [0.25, 0.3) is 0 Å². The fourth-order valence-corrected chi connectivity index (χ4v) is 2.29. The van der Waals surface area contributed by atoms with Crippen molar-refractivity contribution >= 4 is 11.8 Å². The maximum Gasteiger partial charge on any atom is 0.302 e. The quantitative estimate of drug-likeness (QED) is 0.261. The molecule has 0 N–H and O–H groups in total. The Morgan fingerprint density at radius 2 is 1.48 bits per heavy atom. The van der Waals surface area contributed by atoms with Gasteiger partial charge < -0.3 is 18.9 Å². The molecule has 0 saturated carbocycles. The highest BCUT2D eigenvalue weighted by atomic mass is 16.7. The summed E-state index contributed by atoms with van der Waals surface area (Å²) in [6, 6.07) is 16.1. The minimum Gasteiger partial charge on any atom is -0.465 e. The van der Waals surface area contributed by atoms with E-state index in [9.17, 15) is 9.59 Å². The molecule has 0 radical (unpaired) electrons. The second kappa shape index (κ2) is 11.1. The Morgan fingerprint density at radius 3 is 2.15 bits per heavy atom. The van der Waals surface area contributed by atoms with Crippen molar-refractivity contribution in [3.05, 3.63) is 65.7 Å². The molecule has 27 heavy (non-hydrogen) atoms. The van der Waals surface area contributed by atoms with Crippen molar-refractivity contribution in [1.82, 2.24) is 0 Å². The molecule has 0 spiro atoms.